The fraction of sp³-hybridized carbons (Fsp3) is 0.706. The maximum atomic E-state index is 12.4. The number of hydrogen-bond donors (Lipinski definition) is 2. The summed E-state index contributed by atoms with van der Waals surface area (Å²) in [4.78, 5) is 38.5. The molecule has 0 aromatic rings. The van der Waals surface area contributed by atoms with Gasteiger partial charge in [0.2, 0.25) is 5.91 Å². The molecule has 0 spiro atoms. The molecule has 0 aromatic heterocycles. The first kappa shape index (κ1) is 20.6. The zero-order chi connectivity index (χ0) is 19.3. The molecule has 1 fully saturated rings. The molecule has 0 radical (unpaired) electrons. The van der Waals surface area contributed by atoms with Crippen molar-refractivity contribution in [3.63, 3.8) is 0 Å². The molecule has 2 N–H and O–H groups in total. The molecular weight excluding hydrogens is 360 g/mol. The molecule has 1 atom stereocenters. The van der Waals surface area contributed by atoms with E-state index in [4.69, 9.17) is 9.47 Å². The van der Waals surface area contributed by atoms with E-state index in [0.29, 0.717) is 35.9 Å². The number of nitrogens with one attached hydrogen (secondary N) is 1. The van der Waals surface area contributed by atoms with E-state index in [1.807, 2.05) is 0 Å². The second-order valence-corrected chi connectivity index (χ2v) is 7.54. The van der Waals surface area contributed by atoms with Gasteiger partial charge in [-0.25, -0.2) is 0 Å². The van der Waals surface area contributed by atoms with Gasteiger partial charge < -0.3 is 24.8 Å². The Morgan fingerprint density at radius 3 is 2.69 bits per heavy atom. The lowest BCUT2D eigenvalue weighted by molar-refractivity contribution is -0.154. The van der Waals surface area contributed by atoms with Crippen molar-refractivity contribution in [2.24, 2.45) is 5.41 Å². The van der Waals surface area contributed by atoms with Gasteiger partial charge in [-0.05, 0) is 26.7 Å². The van der Waals surface area contributed by atoms with Crippen LogP contribution in [0.15, 0.2) is 10.7 Å². The summed E-state index contributed by atoms with van der Waals surface area (Å²) < 4.78 is 10.3. The van der Waals surface area contributed by atoms with E-state index in [9.17, 15) is 19.5 Å². The summed E-state index contributed by atoms with van der Waals surface area (Å²) >= 11 is 1.43. The number of hydrogen-bond acceptors (Lipinski definition) is 7. The molecule has 146 valence electrons. The minimum absolute atomic E-state index is 0.0424. The molecule has 1 saturated carbocycles. The van der Waals surface area contributed by atoms with Crippen LogP contribution in [0.25, 0.3) is 0 Å². The number of rotatable bonds is 8. The first-order valence-corrected chi connectivity index (χ1v) is 9.66. The predicted molar refractivity (Wildman–Crippen MR) is 96.1 cm³/mol. The van der Waals surface area contributed by atoms with Gasteiger partial charge in [0, 0.05) is 25.9 Å². The third-order valence-electron chi connectivity index (χ3n) is 4.34. The van der Waals surface area contributed by atoms with Crippen molar-refractivity contribution in [3.05, 3.63) is 10.7 Å². The van der Waals surface area contributed by atoms with Crippen molar-refractivity contribution in [2.75, 3.05) is 39.1 Å². The minimum Gasteiger partial charge on any atom is -0.496 e. The summed E-state index contributed by atoms with van der Waals surface area (Å²) in [5, 5.41) is 12.7. The van der Waals surface area contributed by atoms with Crippen LogP contribution in [0.3, 0.4) is 0 Å². The number of thioether (sulfide) groups is 1. The lowest BCUT2D eigenvalue weighted by Gasteiger charge is -2.25. The molecular formula is C17H26N2O6S. The summed E-state index contributed by atoms with van der Waals surface area (Å²) in [5.41, 5.74) is -1.10. The van der Waals surface area contributed by atoms with Crippen LogP contribution in [0.1, 0.15) is 26.7 Å². The Morgan fingerprint density at radius 1 is 1.42 bits per heavy atom. The maximum Gasteiger partial charge on any atom is 0.321 e. The molecule has 1 unspecified atom stereocenters. The van der Waals surface area contributed by atoms with Crippen LogP contribution in [0, 0.1) is 5.41 Å². The number of aliphatic hydroxyl groups is 1. The second-order valence-electron chi connectivity index (χ2n) is 6.43. The van der Waals surface area contributed by atoms with E-state index in [0.717, 1.165) is 0 Å². The molecule has 2 amide bonds. The van der Waals surface area contributed by atoms with Gasteiger partial charge in [-0.1, -0.05) is 0 Å². The van der Waals surface area contributed by atoms with Crippen molar-refractivity contribution in [3.8, 4) is 0 Å². The van der Waals surface area contributed by atoms with Crippen LogP contribution in [0.4, 0.5) is 0 Å². The molecule has 8 nitrogen and oxygen atoms in total. The van der Waals surface area contributed by atoms with Crippen molar-refractivity contribution < 1.29 is 29.0 Å². The van der Waals surface area contributed by atoms with E-state index < -0.39 is 23.4 Å². The molecule has 2 aliphatic rings. The molecule has 2 rings (SSSR count). The van der Waals surface area contributed by atoms with Crippen LogP contribution < -0.4 is 5.32 Å². The molecule has 0 aromatic carbocycles. The quantitative estimate of drug-likeness (QED) is 0.455. The highest BCUT2D eigenvalue weighted by molar-refractivity contribution is 8.04. The van der Waals surface area contributed by atoms with Gasteiger partial charge >= 0.3 is 5.97 Å². The first-order valence-electron chi connectivity index (χ1n) is 8.67. The highest BCUT2D eigenvalue weighted by atomic mass is 32.2. The lowest BCUT2D eigenvalue weighted by Crippen LogP contribution is -2.45. The van der Waals surface area contributed by atoms with Crippen LogP contribution in [0.5, 0.6) is 0 Å². The van der Waals surface area contributed by atoms with Gasteiger partial charge in [-0.3, -0.25) is 14.4 Å². The van der Waals surface area contributed by atoms with Gasteiger partial charge in [-0.2, -0.15) is 0 Å². The van der Waals surface area contributed by atoms with Gasteiger partial charge in [0.1, 0.15) is 16.1 Å². The Morgan fingerprint density at radius 2 is 2.12 bits per heavy atom. The van der Waals surface area contributed by atoms with Crippen molar-refractivity contribution >= 4 is 29.5 Å². The average molecular weight is 386 g/mol. The minimum atomic E-state index is -1.10. The fourth-order valence-corrected chi connectivity index (χ4v) is 3.57. The molecule has 26 heavy (non-hydrogen) atoms. The number of carbonyl (C=O) groups excluding carboxylic acids is 3. The van der Waals surface area contributed by atoms with Crippen LogP contribution in [-0.2, 0) is 23.9 Å². The second kappa shape index (κ2) is 8.77. The molecule has 1 heterocycles. The third-order valence-corrected chi connectivity index (χ3v) is 5.46. The predicted octanol–water partition coefficient (Wildman–Crippen LogP) is 0.260. The van der Waals surface area contributed by atoms with Crippen LogP contribution in [0.2, 0.25) is 0 Å². The fourth-order valence-electron chi connectivity index (χ4n) is 2.65. The first-order chi connectivity index (χ1) is 12.3. The Labute approximate surface area is 157 Å². The van der Waals surface area contributed by atoms with E-state index >= 15 is 0 Å². The van der Waals surface area contributed by atoms with E-state index in [-0.39, 0.29) is 25.6 Å². The van der Waals surface area contributed by atoms with Crippen molar-refractivity contribution in [1.82, 2.24) is 10.2 Å². The molecule has 0 saturated heterocycles. The van der Waals surface area contributed by atoms with E-state index in [1.165, 1.54) is 16.7 Å². The molecule has 0 bridgehead atoms. The molecule has 9 heteroatoms. The summed E-state index contributed by atoms with van der Waals surface area (Å²) in [6.45, 7) is 4.25. The number of esters is 1. The molecule has 1 aliphatic heterocycles. The summed E-state index contributed by atoms with van der Waals surface area (Å²) in [6.07, 6.45) is -0.0329. The number of ether oxygens (including phenoxy) is 2. The molecule has 1 aliphatic carbocycles. The van der Waals surface area contributed by atoms with Gasteiger partial charge in [0.05, 0.1) is 19.3 Å². The number of likely N-dealkylation sites (N-methyl/N-ethyl adjacent to an activating group) is 1. The normalized spacial score (nSPS) is 19.2. The maximum absolute atomic E-state index is 12.4. The Balaban J connectivity index is 1.81. The van der Waals surface area contributed by atoms with Gasteiger partial charge in [0.25, 0.3) is 5.91 Å². The monoisotopic (exact) mass is 386 g/mol. The number of nitrogens with zero attached hydrogens (tertiary/aromatic N) is 1. The number of carbonyl (C=O) groups is 3. The summed E-state index contributed by atoms with van der Waals surface area (Å²) in [6, 6.07) is 0. The van der Waals surface area contributed by atoms with Crippen molar-refractivity contribution in [2.45, 2.75) is 32.8 Å². The number of amides is 2. The summed E-state index contributed by atoms with van der Waals surface area (Å²) in [7, 11) is 1.59. The van der Waals surface area contributed by atoms with E-state index in [2.05, 4.69) is 5.32 Å². The Kier molecular flexibility index (Phi) is 6.94. The van der Waals surface area contributed by atoms with Gasteiger partial charge in [-0.15, -0.1) is 11.8 Å². The Hall–Kier alpha value is -1.74. The topological polar surface area (TPSA) is 105 Å². The van der Waals surface area contributed by atoms with Gasteiger partial charge in [0.15, 0.2) is 0 Å². The van der Waals surface area contributed by atoms with Crippen molar-refractivity contribution in [1.29, 1.82) is 0 Å². The number of aliphatic hydroxyl groups excluding tert-OH is 1. The highest BCUT2D eigenvalue weighted by Crippen LogP contribution is 2.47. The standard InChI is InChI=1S/C17H26N2O6S/c1-4-24-16(23)17(5-6-17)15(22)18-9-12(20)10-19(3)14(21)13-11(2)25-7-8-26-13/h12,20H,4-10H2,1-3H3,(H,18,22). The van der Waals surface area contributed by atoms with E-state index in [1.54, 1.807) is 20.9 Å². The largest absolute Gasteiger partial charge is 0.496 e. The zero-order valence-corrected chi connectivity index (χ0v) is 16.2. The Bertz CT molecular complexity index is 602. The van der Waals surface area contributed by atoms with Crippen LogP contribution >= 0.6 is 11.8 Å². The summed E-state index contributed by atoms with van der Waals surface area (Å²) in [5.74, 6) is 0.129. The third kappa shape index (κ3) is 4.70. The number of allylic oxidation sites excluding steroid dienone is 1. The average Bonchev–Trinajstić information content (AvgIpc) is 3.41. The zero-order valence-electron chi connectivity index (χ0n) is 15.4. The smallest absolute Gasteiger partial charge is 0.321 e. The van der Waals surface area contributed by atoms with Crippen LogP contribution in [-0.4, -0.2) is 73.0 Å². The lowest BCUT2D eigenvalue weighted by atomic mass is 10.1. The SMILES string of the molecule is CCOC(=O)C1(C(=O)NCC(O)CN(C)C(=O)C2=C(C)OCCS2)CC1. The highest BCUT2D eigenvalue weighted by Gasteiger charge is 2.57.